The number of aromatic nitrogens is 7. The number of nitrogens with zero attached hydrogens (tertiary/aromatic N) is 7. The zero-order valence-electron chi connectivity index (χ0n) is 17.7. The molecule has 12 nitrogen and oxygen atoms in total. The Balaban J connectivity index is 1.64. The third kappa shape index (κ3) is 4.93. The smallest absolute Gasteiger partial charge is 0.252 e. The molecule has 1 atom stereocenters. The van der Waals surface area contributed by atoms with Crippen molar-refractivity contribution < 1.29 is 9.18 Å². The third-order valence-corrected chi connectivity index (χ3v) is 4.79. The van der Waals surface area contributed by atoms with E-state index in [1.807, 2.05) is 6.92 Å². The largest absolute Gasteiger partial charge is 0.365 e. The van der Waals surface area contributed by atoms with Crippen molar-refractivity contribution in [1.82, 2.24) is 34.7 Å². The van der Waals surface area contributed by atoms with E-state index in [-0.39, 0.29) is 29.8 Å². The summed E-state index contributed by atoms with van der Waals surface area (Å²) < 4.78 is 16.4. The first-order valence-corrected chi connectivity index (χ1v) is 9.99. The average Bonchev–Trinajstić information content (AvgIpc) is 3.50. The highest BCUT2D eigenvalue weighted by molar-refractivity contribution is 5.98. The molecule has 4 rings (SSSR count). The summed E-state index contributed by atoms with van der Waals surface area (Å²) in [5, 5.41) is 18.3. The molecule has 0 aliphatic rings. The van der Waals surface area contributed by atoms with Gasteiger partial charge in [0.1, 0.15) is 11.5 Å². The number of carbonyl (C=O) groups is 1. The van der Waals surface area contributed by atoms with Crippen LogP contribution in [0.2, 0.25) is 0 Å². The Labute approximate surface area is 187 Å². The molecule has 0 saturated carbocycles. The van der Waals surface area contributed by atoms with Crippen LogP contribution in [0.1, 0.15) is 16.1 Å². The second-order valence-corrected chi connectivity index (χ2v) is 7.16. The fourth-order valence-electron chi connectivity index (χ4n) is 3.15. The van der Waals surface area contributed by atoms with Crippen molar-refractivity contribution in [1.29, 1.82) is 0 Å². The Morgan fingerprint density at radius 3 is 2.64 bits per heavy atom. The number of nitrogens with one attached hydrogen (secondary N) is 2. The Kier molecular flexibility index (Phi) is 6.22. The van der Waals surface area contributed by atoms with Crippen LogP contribution in [0.5, 0.6) is 0 Å². The number of rotatable bonds is 9. The summed E-state index contributed by atoms with van der Waals surface area (Å²) in [6, 6.07) is 4.17. The van der Waals surface area contributed by atoms with E-state index in [2.05, 4.69) is 35.9 Å². The van der Waals surface area contributed by atoms with E-state index in [9.17, 15) is 9.18 Å². The maximum Gasteiger partial charge on any atom is 0.252 e. The van der Waals surface area contributed by atoms with E-state index in [0.29, 0.717) is 23.6 Å². The minimum atomic E-state index is -0.837. The van der Waals surface area contributed by atoms with Gasteiger partial charge in [-0.2, -0.15) is 15.3 Å². The first-order chi connectivity index (χ1) is 15.9. The van der Waals surface area contributed by atoms with E-state index in [0.717, 1.165) is 6.07 Å². The second kappa shape index (κ2) is 9.40. The van der Waals surface area contributed by atoms with Crippen molar-refractivity contribution in [2.45, 2.75) is 19.5 Å². The molecule has 0 fully saturated rings. The van der Waals surface area contributed by atoms with Gasteiger partial charge in [0, 0.05) is 18.9 Å². The van der Waals surface area contributed by atoms with Crippen molar-refractivity contribution in [2.75, 3.05) is 17.2 Å². The number of halogens is 1. The van der Waals surface area contributed by atoms with Gasteiger partial charge in [-0.1, -0.05) is 0 Å². The van der Waals surface area contributed by atoms with Crippen molar-refractivity contribution in [2.24, 2.45) is 11.5 Å². The zero-order chi connectivity index (χ0) is 23.4. The van der Waals surface area contributed by atoms with Gasteiger partial charge in [0.25, 0.3) is 5.91 Å². The lowest BCUT2D eigenvalue weighted by atomic mass is 10.2. The van der Waals surface area contributed by atoms with Crippen LogP contribution in [0.3, 0.4) is 0 Å². The van der Waals surface area contributed by atoms with E-state index in [1.54, 1.807) is 47.8 Å². The molecule has 0 unspecified atom stereocenters. The predicted octanol–water partition coefficient (Wildman–Crippen LogP) is 0.983. The van der Waals surface area contributed by atoms with Gasteiger partial charge in [0.2, 0.25) is 0 Å². The number of carbonyl (C=O) groups excluding carboxylic acids is 1. The second-order valence-electron chi connectivity index (χ2n) is 7.16. The first kappa shape index (κ1) is 21.8. The highest BCUT2D eigenvalue weighted by Crippen LogP contribution is 2.25. The minimum Gasteiger partial charge on any atom is -0.365 e. The SMILES string of the molecule is Cc1ncc(Nc2nc(N[C@@H](CN)Cn3cccn3)c(F)cc2C(N)=O)cc1-n1nccn1. The van der Waals surface area contributed by atoms with Crippen LogP contribution in [-0.2, 0) is 6.54 Å². The lowest BCUT2D eigenvalue weighted by Crippen LogP contribution is -2.34. The lowest BCUT2D eigenvalue weighted by Gasteiger charge is -2.19. The molecule has 33 heavy (non-hydrogen) atoms. The van der Waals surface area contributed by atoms with Gasteiger partial charge in [-0.3, -0.25) is 14.5 Å². The van der Waals surface area contributed by atoms with Gasteiger partial charge in [0.15, 0.2) is 11.6 Å². The number of hydrogen-bond donors (Lipinski definition) is 4. The van der Waals surface area contributed by atoms with Crippen LogP contribution in [-0.4, -0.2) is 53.2 Å². The molecule has 4 heterocycles. The standard InChI is InChI=1S/C20H22FN11O/c1-12-17(32-26-4-5-27-32)7-13(10-24-12)28-19-15(18(23)33)8-16(21)20(30-19)29-14(9-22)11-31-6-2-3-25-31/h2-8,10,14H,9,11,22H2,1H3,(H2,23,33)(H2,28,29,30)/t14-/m0/s1. The molecular formula is C20H22FN11O. The summed E-state index contributed by atoms with van der Waals surface area (Å²) in [7, 11) is 0. The summed E-state index contributed by atoms with van der Waals surface area (Å²) in [4.78, 5) is 22.0. The van der Waals surface area contributed by atoms with Crippen LogP contribution < -0.4 is 22.1 Å². The summed E-state index contributed by atoms with van der Waals surface area (Å²) in [5.74, 6) is -1.60. The van der Waals surface area contributed by atoms with E-state index >= 15 is 0 Å². The topological polar surface area (TPSA) is 167 Å². The van der Waals surface area contributed by atoms with E-state index < -0.39 is 11.7 Å². The van der Waals surface area contributed by atoms with Crippen molar-refractivity contribution >= 4 is 23.2 Å². The number of primary amides is 1. The third-order valence-electron chi connectivity index (χ3n) is 4.79. The van der Waals surface area contributed by atoms with Crippen LogP contribution in [0.25, 0.3) is 5.69 Å². The molecule has 170 valence electrons. The molecule has 13 heteroatoms. The fraction of sp³-hybridized carbons (Fsp3) is 0.200. The normalized spacial score (nSPS) is 11.8. The molecule has 0 aromatic carbocycles. The summed E-state index contributed by atoms with van der Waals surface area (Å²) in [5.41, 5.74) is 13.0. The van der Waals surface area contributed by atoms with Crippen LogP contribution in [0, 0.1) is 12.7 Å². The number of amides is 1. The van der Waals surface area contributed by atoms with Gasteiger partial charge in [-0.25, -0.2) is 9.37 Å². The predicted molar refractivity (Wildman–Crippen MR) is 119 cm³/mol. The van der Waals surface area contributed by atoms with E-state index in [1.165, 1.54) is 4.80 Å². The molecule has 0 bridgehead atoms. The van der Waals surface area contributed by atoms with E-state index in [4.69, 9.17) is 11.5 Å². The molecule has 4 aromatic heterocycles. The average molecular weight is 451 g/mol. The molecule has 0 saturated heterocycles. The van der Waals surface area contributed by atoms with Gasteiger partial charge >= 0.3 is 0 Å². The van der Waals surface area contributed by atoms with Crippen molar-refractivity contribution in [3.63, 3.8) is 0 Å². The Hall–Kier alpha value is -4.39. The Bertz CT molecular complexity index is 1240. The number of hydrogen-bond acceptors (Lipinski definition) is 9. The molecular weight excluding hydrogens is 429 g/mol. The summed E-state index contributed by atoms with van der Waals surface area (Å²) >= 11 is 0. The van der Waals surface area contributed by atoms with Gasteiger partial charge in [0.05, 0.1) is 48.1 Å². The lowest BCUT2D eigenvalue weighted by molar-refractivity contribution is 0.100. The van der Waals surface area contributed by atoms with Crippen molar-refractivity contribution in [3.05, 3.63) is 66.3 Å². The zero-order valence-corrected chi connectivity index (χ0v) is 17.7. The highest BCUT2D eigenvalue weighted by Gasteiger charge is 2.19. The molecule has 0 spiro atoms. The maximum absolute atomic E-state index is 14.8. The quantitative estimate of drug-likeness (QED) is 0.290. The molecule has 6 N–H and O–H groups in total. The number of anilines is 3. The van der Waals surface area contributed by atoms with Crippen LogP contribution >= 0.6 is 0 Å². The van der Waals surface area contributed by atoms with Gasteiger partial charge < -0.3 is 22.1 Å². The van der Waals surface area contributed by atoms with Gasteiger partial charge in [-0.15, -0.1) is 4.80 Å². The molecule has 0 aliphatic heterocycles. The maximum atomic E-state index is 14.8. The fourth-order valence-corrected chi connectivity index (χ4v) is 3.15. The van der Waals surface area contributed by atoms with Gasteiger partial charge in [-0.05, 0) is 25.1 Å². The molecule has 0 radical (unpaired) electrons. The monoisotopic (exact) mass is 451 g/mol. The van der Waals surface area contributed by atoms with Crippen LogP contribution in [0.15, 0.2) is 49.2 Å². The molecule has 1 amide bonds. The Morgan fingerprint density at radius 2 is 1.97 bits per heavy atom. The van der Waals surface area contributed by atoms with Crippen molar-refractivity contribution in [3.8, 4) is 5.69 Å². The number of nitrogens with two attached hydrogens (primary N) is 2. The minimum absolute atomic E-state index is 0.0614. The summed E-state index contributed by atoms with van der Waals surface area (Å²) in [6.07, 6.45) is 8.04. The summed E-state index contributed by atoms with van der Waals surface area (Å²) in [6.45, 7) is 2.40. The number of aryl methyl sites for hydroxylation is 1. The Morgan fingerprint density at radius 1 is 1.18 bits per heavy atom. The first-order valence-electron chi connectivity index (χ1n) is 9.99. The highest BCUT2D eigenvalue weighted by atomic mass is 19.1. The number of pyridine rings is 2. The molecule has 0 aliphatic carbocycles. The molecule has 4 aromatic rings. The van der Waals surface area contributed by atoms with Crippen LogP contribution in [0.4, 0.5) is 21.7 Å².